The number of carbonyl (C=O) groups is 1. The molecular formula is C17H13ClN2O. The number of nitrogens with one attached hydrogen (secondary N) is 1. The highest BCUT2D eigenvalue weighted by molar-refractivity contribution is 6.34. The average molecular weight is 297 g/mol. The molecule has 21 heavy (non-hydrogen) atoms. The number of hydrogen-bond donors (Lipinski definition) is 1. The van der Waals surface area contributed by atoms with Crippen LogP contribution in [0, 0.1) is 0 Å². The van der Waals surface area contributed by atoms with Crippen molar-refractivity contribution in [3.05, 3.63) is 70.4 Å². The van der Waals surface area contributed by atoms with Crippen molar-refractivity contribution in [1.82, 2.24) is 0 Å². The lowest BCUT2D eigenvalue weighted by molar-refractivity contribution is 0.104. The van der Waals surface area contributed by atoms with Gasteiger partial charge in [-0.25, -0.2) is 0 Å². The van der Waals surface area contributed by atoms with Crippen LogP contribution in [0.1, 0.15) is 17.3 Å². The Labute approximate surface area is 128 Å². The summed E-state index contributed by atoms with van der Waals surface area (Å²) >= 11 is 6.18. The lowest BCUT2D eigenvalue weighted by atomic mass is 10.0. The predicted octanol–water partition coefficient (Wildman–Crippen LogP) is 4.62. The summed E-state index contributed by atoms with van der Waals surface area (Å²) in [5.74, 6) is -0.0618. The molecule has 1 aliphatic heterocycles. The van der Waals surface area contributed by atoms with Crippen LogP contribution < -0.4 is 5.32 Å². The third kappa shape index (κ3) is 2.60. The summed E-state index contributed by atoms with van der Waals surface area (Å²) in [5.41, 5.74) is 3.35. The molecule has 0 amide bonds. The van der Waals surface area contributed by atoms with Gasteiger partial charge in [0.15, 0.2) is 5.78 Å². The number of aliphatic imine (C=N–C) groups is 1. The van der Waals surface area contributed by atoms with Gasteiger partial charge < -0.3 is 5.32 Å². The minimum atomic E-state index is -0.0618. The molecule has 0 spiro atoms. The maximum absolute atomic E-state index is 12.6. The summed E-state index contributed by atoms with van der Waals surface area (Å²) < 4.78 is 0. The van der Waals surface area contributed by atoms with Crippen molar-refractivity contribution in [3.8, 4) is 0 Å². The first-order valence-corrected chi connectivity index (χ1v) is 6.95. The van der Waals surface area contributed by atoms with Crippen LogP contribution in [-0.2, 0) is 0 Å². The SMILES string of the molecule is CC1=C(C(=O)c2ccccc2)C=Nc2cccc(Cl)c2N1. The predicted molar refractivity (Wildman–Crippen MR) is 86.7 cm³/mol. The molecule has 0 unspecified atom stereocenters. The smallest absolute Gasteiger partial charge is 0.196 e. The lowest BCUT2D eigenvalue weighted by Gasteiger charge is -2.10. The molecule has 0 aliphatic carbocycles. The van der Waals surface area contributed by atoms with E-state index in [9.17, 15) is 4.79 Å². The zero-order chi connectivity index (χ0) is 14.8. The maximum Gasteiger partial charge on any atom is 0.196 e. The monoisotopic (exact) mass is 296 g/mol. The second-order valence-electron chi connectivity index (χ2n) is 4.75. The zero-order valence-electron chi connectivity index (χ0n) is 11.4. The van der Waals surface area contributed by atoms with Crippen LogP contribution in [0.3, 0.4) is 0 Å². The molecule has 0 bridgehead atoms. The Balaban J connectivity index is 2.04. The average Bonchev–Trinajstić information content (AvgIpc) is 2.67. The van der Waals surface area contributed by atoms with E-state index in [0.717, 1.165) is 17.1 Å². The number of fused-ring (bicyclic) bond motifs is 1. The number of anilines is 1. The van der Waals surface area contributed by atoms with E-state index < -0.39 is 0 Å². The van der Waals surface area contributed by atoms with Crippen LogP contribution in [0.25, 0.3) is 0 Å². The van der Waals surface area contributed by atoms with Crippen molar-refractivity contribution in [1.29, 1.82) is 0 Å². The standard InChI is InChI=1S/C17H13ClN2O/c1-11-13(17(21)12-6-3-2-4-7-12)10-19-15-9-5-8-14(18)16(15)20-11/h2-10,20H,1H3. The van der Waals surface area contributed by atoms with Crippen molar-refractivity contribution in [2.45, 2.75) is 6.92 Å². The van der Waals surface area contributed by atoms with Gasteiger partial charge in [0.25, 0.3) is 0 Å². The molecule has 0 saturated carbocycles. The zero-order valence-corrected chi connectivity index (χ0v) is 12.2. The first-order chi connectivity index (χ1) is 10.2. The topological polar surface area (TPSA) is 41.5 Å². The van der Waals surface area contributed by atoms with Crippen molar-refractivity contribution >= 4 is 35.0 Å². The fourth-order valence-corrected chi connectivity index (χ4v) is 2.42. The number of benzene rings is 2. The van der Waals surface area contributed by atoms with Gasteiger partial charge in [0.05, 0.1) is 22.0 Å². The fourth-order valence-electron chi connectivity index (χ4n) is 2.20. The molecule has 1 heterocycles. The van der Waals surface area contributed by atoms with Gasteiger partial charge in [-0.15, -0.1) is 0 Å². The summed E-state index contributed by atoms with van der Waals surface area (Å²) in [6.07, 6.45) is 1.60. The van der Waals surface area contributed by atoms with E-state index in [-0.39, 0.29) is 5.78 Å². The van der Waals surface area contributed by atoms with Gasteiger partial charge in [-0.05, 0) is 19.1 Å². The highest BCUT2D eigenvalue weighted by atomic mass is 35.5. The van der Waals surface area contributed by atoms with E-state index >= 15 is 0 Å². The van der Waals surface area contributed by atoms with E-state index in [2.05, 4.69) is 10.3 Å². The number of ketones is 1. The number of para-hydroxylation sites is 1. The van der Waals surface area contributed by atoms with E-state index in [0.29, 0.717) is 16.2 Å². The molecule has 1 N–H and O–H groups in total. The van der Waals surface area contributed by atoms with Gasteiger partial charge in [0.1, 0.15) is 0 Å². The Bertz CT molecular complexity index is 764. The number of allylic oxidation sites excluding steroid dienone is 2. The number of hydrogen-bond acceptors (Lipinski definition) is 3. The van der Waals surface area contributed by atoms with Crippen molar-refractivity contribution in [3.63, 3.8) is 0 Å². The molecule has 0 saturated heterocycles. The van der Waals surface area contributed by atoms with Crippen LogP contribution in [0.2, 0.25) is 5.02 Å². The van der Waals surface area contributed by atoms with E-state index in [1.165, 1.54) is 0 Å². The third-order valence-corrected chi connectivity index (χ3v) is 3.64. The third-order valence-electron chi connectivity index (χ3n) is 3.32. The molecule has 0 aromatic heterocycles. The number of Topliss-reactive ketones (excluding diaryl/α,β-unsaturated/α-hetero) is 1. The quantitative estimate of drug-likeness (QED) is 0.821. The first-order valence-electron chi connectivity index (χ1n) is 6.57. The first kappa shape index (κ1) is 13.6. The molecule has 0 fully saturated rings. The Morgan fingerprint density at radius 2 is 1.86 bits per heavy atom. The Hall–Kier alpha value is -2.39. The molecule has 0 radical (unpaired) electrons. The van der Waals surface area contributed by atoms with Crippen molar-refractivity contribution in [2.75, 3.05) is 5.32 Å². The van der Waals surface area contributed by atoms with Gasteiger partial charge in [-0.2, -0.15) is 0 Å². The summed E-state index contributed by atoms with van der Waals surface area (Å²) in [5, 5.41) is 3.77. The molecule has 4 heteroatoms. The summed E-state index contributed by atoms with van der Waals surface area (Å²) in [6.45, 7) is 1.85. The molecule has 1 aliphatic rings. The van der Waals surface area contributed by atoms with Gasteiger partial charge in [0, 0.05) is 17.5 Å². The van der Waals surface area contributed by atoms with Crippen molar-refractivity contribution in [2.24, 2.45) is 4.99 Å². The van der Waals surface area contributed by atoms with Crippen LogP contribution in [0.4, 0.5) is 11.4 Å². The second kappa shape index (κ2) is 5.54. The highest BCUT2D eigenvalue weighted by Crippen LogP contribution is 2.35. The minimum absolute atomic E-state index is 0.0618. The highest BCUT2D eigenvalue weighted by Gasteiger charge is 2.18. The maximum atomic E-state index is 12.6. The van der Waals surface area contributed by atoms with Crippen LogP contribution in [-0.4, -0.2) is 12.0 Å². The molecule has 0 atom stereocenters. The van der Waals surface area contributed by atoms with Gasteiger partial charge >= 0.3 is 0 Å². The summed E-state index contributed by atoms with van der Waals surface area (Å²) in [7, 11) is 0. The molecular weight excluding hydrogens is 284 g/mol. The van der Waals surface area contributed by atoms with Gasteiger partial charge in [-0.1, -0.05) is 48.0 Å². The second-order valence-corrected chi connectivity index (χ2v) is 5.16. The largest absolute Gasteiger partial charge is 0.355 e. The molecule has 2 aromatic rings. The van der Waals surface area contributed by atoms with E-state index in [4.69, 9.17) is 11.6 Å². The Morgan fingerprint density at radius 3 is 2.62 bits per heavy atom. The van der Waals surface area contributed by atoms with E-state index in [1.807, 2.05) is 37.3 Å². The van der Waals surface area contributed by atoms with Crippen LogP contribution in [0.5, 0.6) is 0 Å². The van der Waals surface area contributed by atoms with Gasteiger partial charge in [0.2, 0.25) is 0 Å². The molecule has 2 aromatic carbocycles. The number of halogens is 1. The number of nitrogens with zero attached hydrogens (tertiary/aromatic N) is 1. The number of rotatable bonds is 2. The Kier molecular flexibility index (Phi) is 3.59. The molecule has 104 valence electrons. The normalized spacial score (nSPS) is 13.4. The van der Waals surface area contributed by atoms with E-state index in [1.54, 1.807) is 24.4 Å². The summed E-state index contributed by atoms with van der Waals surface area (Å²) in [4.78, 5) is 17.0. The fraction of sp³-hybridized carbons (Fsp3) is 0.0588. The minimum Gasteiger partial charge on any atom is -0.355 e. The van der Waals surface area contributed by atoms with Crippen LogP contribution in [0.15, 0.2) is 64.8 Å². The van der Waals surface area contributed by atoms with Gasteiger partial charge in [-0.3, -0.25) is 9.79 Å². The molecule has 3 rings (SSSR count). The Morgan fingerprint density at radius 1 is 1.10 bits per heavy atom. The van der Waals surface area contributed by atoms with Crippen LogP contribution >= 0.6 is 11.6 Å². The molecule has 3 nitrogen and oxygen atoms in total. The lowest BCUT2D eigenvalue weighted by Crippen LogP contribution is -2.10. The summed E-state index contributed by atoms with van der Waals surface area (Å²) in [6, 6.07) is 14.6. The number of carbonyl (C=O) groups excluding carboxylic acids is 1. The van der Waals surface area contributed by atoms with Crippen molar-refractivity contribution < 1.29 is 4.79 Å².